The van der Waals surface area contributed by atoms with E-state index in [-0.39, 0.29) is 54.5 Å². The third kappa shape index (κ3) is 15.2. The highest BCUT2D eigenvalue weighted by Crippen LogP contribution is 2.43. The van der Waals surface area contributed by atoms with E-state index in [0.717, 1.165) is 97.8 Å². The molecule has 0 bridgehead atoms. The summed E-state index contributed by atoms with van der Waals surface area (Å²) in [6, 6.07) is 34.3. The molecule has 3 aliphatic carbocycles. The van der Waals surface area contributed by atoms with Gasteiger partial charge in [-0.05, 0) is 122 Å². The Balaban J connectivity index is 0.000000162. The average Bonchev–Trinajstić information content (AvgIpc) is 1.62. The smallest absolute Gasteiger partial charge is 0.270 e. The van der Waals surface area contributed by atoms with Crippen LogP contribution >= 0.6 is 0 Å². The minimum atomic E-state index is -1.94. The molecule has 12 aromatic rings. The van der Waals surface area contributed by atoms with Gasteiger partial charge in [-0.2, -0.15) is 5.26 Å². The van der Waals surface area contributed by atoms with Crippen molar-refractivity contribution in [2.45, 2.75) is 110 Å². The zero-order chi connectivity index (χ0) is 69.0. The molecule has 6 heterocycles. The summed E-state index contributed by atoms with van der Waals surface area (Å²) in [5.41, 5.74) is 25.0. The summed E-state index contributed by atoms with van der Waals surface area (Å²) in [5, 5.41) is 22.3. The molecule has 32 heteroatoms. The molecule has 0 amide bonds. The van der Waals surface area contributed by atoms with Gasteiger partial charge in [-0.15, -0.1) is 0 Å². The van der Waals surface area contributed by atoms with Crippen LogP contribution in [0, 0.1) is 44.7 Å². The Morgan fingerprint density at radius 3 is 1.20 bits per heavy atom. The molecule has 15 N–H and O–H groups in total. The van der Waals surface area contributed by atoms with Gasteiger partial charge < -0.3 is 47.3 Å². The average molecular weight is 1450 g/mol. The van der Waals surface area contributed by atoms with Crippen LogP contribution in [-0.2, 0) is 33.0 Å². The summed E-state index contributed by atoms with van der Waals surface area (Å²) < 4.78 is 111. The number of benzene rings is 6. The van der Waals surface area contributed by atoms with Gasteiger partial charge in [-0.25, -0.2) is 60.1 Å². The first-order chi connectivity index (χ1) is 48.0. The lowest BCUT2D eigenvalue weighted by molar-refractivity contribution is -0.385. The van der Waals surface area contributed by atoms with Crippen LogP contribution in [0.5, 0.6) is 0 Å². The number of halogens is 4. The third-order valence-corrected chi connectivity index (χ3v) is 21.4. The number of nitriles is 1. The summed E-state index contributed by atoms with van der Waals surface area (Å²) in [6.07, 6.45) is 23.5. The Kier molecular flexibility index (Phi) is 23.1. The minimum Gasteiger partial charge on any atom is -0.412 e. The van der Waals surface area contributed by atoms with E-state index in [1.54, 1.807) is 48.5 Å². The number of non-ortho nitro benzene ring substituents is 1. The van der Waals surface area contributed by atoms with Gasteiger partial charge in [0.05, 0.1) is 58.4 Å². The van der Waals surface area contributed by atoms with Gasteiger partial charge in [0.25, 0.3) is 5.69 Å². The fourth-order valence-corrected chi connectivity index (χ4v) is 16.0. The van der Waals surface area contributed by atoms with Crippen molar-refractivity contribution in [2.24, 2.45) is 0 Å². The molecule has 6 aromatic heterocycles. The van der Waals surface area contributed by atoms with Crippen LogP contribution < -0.4 is 31.4 Å². The highest BCUT2D eigenvalue weighted by Gasteiger charge is 2.28. The van der Waals surface area contributed by atoms with E-state index in [4.69, 9.17) is 17.2 Å². The Bertz CT molecular complexity index is 5210. The number of nitro benzene ring substituents is 1. The predicted octanol–water partition coefficient (Wildman–Crippen LogP) is 12.7. The second kappa shape index (κ2) is 32.1. The Morgan fingerprint density at radius 1 is 0.461 bits per heavy atom. The summed E-state index contributed by atoms with van der Waals surface area (Å²) >= 11 is 0. The van der Waals surface area contributed by atoms with Crippen molar-refractivity contribution >= 4 is 106 Å². The maximum Gasteiger partial charge on any atom is 0.270 e. The number of nitro groups is 1. The van der Waals surface area contributed by atoms with Crippen molar-refractivity contribution in [3.63, 3.8) is 0 Å². The summed E-state index contributed by atoms with van der Waals surface area (Å²) in [5.74, 6) is -1.39. The van der Waals surface area contributed by atoms with E-state index < -0.39 is 61.1 Å². The first-order valence-corrected chi connectivity index (χ1v) is 35.2. The van der Waals surface area contributed by atoms with Gasteiger partial charge in [0, 0.05) is 65.5 Å². The van der Waals surface area contributed by atoms with E-state index in [1.807, 2.05) is 24.7 Å². The molecule has 0 saturated heterocycles. The van der Waals surface area contributed by atoms with Gasteiger partial charge in [-0.1, -0.05) is 87.1 Å². The van der Waals surface area contributed by atoms with Crippen molar-refractivity contribution in [2.75, 3.05) is 31.4 Å². The number of hydrogen-bond acceptors (Lipinski definition) is 15. The quantitative estimate of drug-likeness (QED) is 0.0297. The summed E-state index contributed by atoms with van der Waals surface area (Å²) in [4.78, 5) is 36.6. The molecule has 0 radical (unpaired) electrons. The number of anilines is 6. The van der Waals surface area contributed by atoms with E-state index in [2.05, 4.69) is 57.8 Å². The monoisotopic (exact) mass is 1450 g/mol. The molecule has 102 heavy (non-hydrogen) atoms. The SMILES string of the molecule is N#Cc1ccccc1S(=O)Nc1ccc(-c2cn(C3CCCC3)c3ncnc(N)c23)cc1F.Nc1ncnc2c1c(-c1ccc(NS(=O)c3cccc([N+](=O)[O-])c3)c(F)c1)cn2C1CCCC1.Nc1ncnc2c1c(-c1ccc(NS(=O)c3ccccc3F)c(F)c1)cn2C1CCCC1.O.O.O. The number of nitrogens with two attached hydrogens (primary N) is 3. The van der Waals surface area contributed by atoms with Crippen LogP contribution in [0.25, 0.3) is 66.5 Å². The van der Waals surface area contributed by atoms with Gasteiger partial charge in [0.2, 0.25) is 0 Å². The molecule has 528 valence electrons. The van der Waals surface area contributed by atoms with Gasteiger partial charge in [0.15, 0.2) is 33.0 Å². The van der Waals surface area contributed by atoms with E-state index in [1.165, 1.54) is 111 Å². The van der Waals surface area contributed by atoms with E-state index in [0.29, 0.717) is 73.3 Å². The molecule has 3 unspecified atom stereocenters. The molecule has 3 aliphatic rings. The maximum absolute atomic E-state index is 15.1. The number of rotatable bonds is 16. The lowest BCUT2D eigenvalue weighted by atomic mass is 10.1. The van der Waals surface area contributed by atoms with E-state index in [9.17, 15) is 36.8 Å². The predicted molar refractivity (Wildman–Crippen MR) is 386 cm³/mol. The zero-order valence-electron chi connectivity index (χ0n) is 54.2. The molecule has 0 aliphatic heterocycles. The fraction of sp³-hybridized carbons (Fsp3) is 0.214. The Hall–Kier alpha value is -11.1. The van der Waals surface area contributed by atoms with Gasteiger partial charge >= 0.3 is 0 Å². The third-order valence-electron chi connectivity index (χ3n) is 18.0. The van der Waals surface area contributed by atoms with Crippen molar-refractivity contribution < 1.29 is 51.5 Å². The van der Waals surface area contributed by atoms with Crippen molar-refractivity contribution in [1.29, 1.82) is 5.26 Å². The molecular formula is C70H69F4N17O8S3. The highest BCUT2D eigenvalue weighted by molar-refractivity contribution is 7.87. The number of nitrogen functional groups attached to an aromatic ring is 3. The molecule has 3 fully saturated rings. The van der Waals surface area contributed by atoms with Crippen LogP contribution in [0.2, 0.25) is 0 Å². The van der Waals surface area contributed by atoms with Crippen molar-refractivity contribution in [3.8, 4) is 39.4 Å². The normalized spacial score (nSPS) is 14.6. The first kappa shape index (κ1) is 73.6. The van der Waals surface area contributed by atoms with Crippen LogP contribution in [-0.4, -0.2) is 77.6 Å². The molecule has 3 atom stereocenters. The fourth-order valence-electron chi connectivity index (χ4n) is 13.2. The van der Waals surface area contributed by atoms with Crippen molar-refractivity contribution in [1.82, 2.24) is 43.6 Å². The van der Waals surface area contributed by atoms with Crippen LogP contribution in [0.4, 0.5) is 57.8 Å². The number of nitrogens with zero attached hydrogens (tertiary/aromatic N) is 11. The molecule has 25 nitrogen and oxygen atoms in total. The zero-order valence-corrected chi connectivity index (χ0v) is 56.7. The number of nitrogens with one attached hydrogen (secondary N) is 3. The molecule has 0 spiro atoms. The molecule has 3 saturated carbocycles. The van der Waals surface area contributed by atoms with Gasteiger partial charge in [0.1, 0.15) is 82.7 Å². The highest BCUT2D eigenvalue weighted by atomic mass is 32.2. The number of fused-ring (bicyclic) bond motifs is 3. The lowest BCUT2D eigenvalue weighted by Gasteiger charge is -2.12. The second-order valence-corrected chi connectivity index (χ2v) is 27.6. The Morgan fingerprint density at radius 2 is 0.824 bits per heavy atom. The number of aromatic nitrogens is 9. The Labute approximate surface area is 588 Å². The largest absolute Gasteiger partial charge is 0.412 e. The standard InChI is InChI=1S/C24H21FN6OS.C23H21F2N5OS.C23H21FN6O3S.3H2O/c25-19-11-15(9-10-20(19)30-33(32)21-8-4-1-5-16(21)12-26)18-13-31(17-6-2-3-7-17)24-22(18)23(27)28-14-29-24;24-17-7-3-4-8-20(17)32(31)29-19-10-9-14(11-18(19)25)16-12-30(15-5-1-2-6-15)23-21(16)22(26)27-13-28-23;24-19-10-14(8-9-20(19)28-34(33)17-7-3-6-16(11-17)30(31)32)18-12-29(15-4-1-2-5-15)23-21(18)22(25)26-13-27-23;;;/h1,4-5,8-11,13-14,17,30H,2-3,6-7H2,(H2,27,28,29);3-4,7-13,15,29H,1-2,5-6H2,(H2,26,27,28);3,6-13,15,28H,1-2,4-5H2,(H2,25,26,27);3*1H2. The minimum absolute atomic E-state index is 0. The molecule has 15 rings (SSSR count). The molecular weight excluding hydrogens is 1380 g/mol. The van der Waals surface area contributed by atoms with Crippen LogP contribution in [0.15, 0.2) is 180 Å². The summed E-state index contributed by atoms with van der Waals surface area (Å²) in [7, 11) is -5.61. The maximum atomic E-state index is 15.1. The second-order valence-electron chi connectivity index (χ2n) is 24.0. The first-order valence-electron chi connectivity index (χ1n) is 31.8. The molecule has 6 aromatic carbocycles. The summed E-state index contributed by atoms with van der Waals surface area (Å²) in [6.45, 7) is 0. The topological polar surface area (TPSA) is 419 Å². The van der Waals surface area contributed by atoms with Crippen LogP contribution in [0.3, 0.4) is 0 Å². The van der Waals surface area contributed by atoms with E-state index >= 15 is 8.78 Å². The lowest BCUT2D eigenvalue weighted by Crippen LogP contribution is -2.08. The number of hydrogen-bond donors (Lipinski definition) is 6. The van der Waals surface area contributed by atoms with Gasteiger partial charge in [-0.3, -0.25) is 24.3 Å². The van der Waals surface area contributed by atoms with Crippen LogP contribution in [0.1, 0.15) is 101 Å². The van der Waals surface area contributed by atoms with Crippen molar-refractivity contribution in [3.05, 3.63) is 204 Å².